The summed E-state index contributed by atoms with van der Waals surface area (Å²) in [6.07, 6.45) is 5.37. The molecule has 7 nitrogen and oxygen atoms in total. The van der Waals surface area contributed by atoms with Crippen LogP contribution in [0.1, 0.15) is 16.8 Å². The molecule has 5 aromatic rings. The molecule has 0 radical (unpaired) electrons. The summed E-state index contributed by atoms with van der Waals surface area (Å²) in [4.78, 5) is 13.2. The fourth-order valence-corrected chi connectivity index (χ4v) is 3.72. The topological polar surface area (TPSA) is 77.8 Å². The summed E-state index contributed by atoms with van der Waals surface area (Å²) in [7, 11) is 1.65. The highest BCUT2D eigenvalue weighted by Gasteiger charge is 2.13. The average molecular weight is 455 g/mol. The summed E-state index contributed by atoms with van der Waals surface area (Å²) in [6, 6.07) is 14.6. The first-order chi connectivity index (χ1) is 16.5. The third kappa shape index (κ3) is 4.30. The molecule has 4 heterocycles. The van der Waals surface area contributed by atoms with Gasteiger partial charge in [0.2, 0.25) is 0 Å². The van der Waals surface area contributed by atoms with Crippen molar-refractivity contribution in [3.05, 3.63) is 89.8 Å². The van der Waals surface area contributed by atoms with Crippen molar-refractivity contribution in [3.63, 3.8) is 0 Å². The fourth-order valence-electron chi connectivity index (χ4n) is 3.72. The predicted octanol–water partition coefficient (Wildman–Crippen LogP) is 5.44. The molecule has 34 heavy (non-hydrogen) atoms. The normalized spacial score (nSPS) is 11.1. The molecule has 0 spiro atoms. The van der Waals surface area contributed by atoms with Gasteiger partial charge in [0, 0.05) is 23.8 Å². The highest BCUT2D eigenvalue weighted by atomic mass is 19.1. The first kappa shape index (κ1) is 21.5. The molecule has 0 saturated carbocycles. The zero-order chi connectivity index (χ0) is 23.7. The smallest absolute Gasteiger partial charge is 0.151 e. The van der Waals surface area contributed by atoms with Crippen LogP contribution in [0.2, 0.25) is 0 Å². The largest absolute Gasteiger partial charge is 0.497 e. The van der Waals surface area contributed by atoms with Crippen molar-refractivity contribution in [2.75, 3.05) is 12.4 Å². The number of anilines is 2. The monoisotopic (exact) mass is 454 g/mol. The van der Waals surface area contributed by atoms with Crippen molar-refractivity contribution in [1.82, 2.24) is 24.7 Å². The lowest BCUT2D eigenvalue weighted by atomic mass is 10.1. The quantitative estimate of drug-likeness (QED) is 0.368. The summed E-state index contributed by atoms with van der Waals surface area (Å²) < 4.78 is 21.5. The van der Waals surface area contributed by atoms with Gasteiger partial charge in [0.05, 0.1) is 31.2 Å². The van der Waals surface area contributed by atoms with Crippen LogP contribution < -0.4 is 10.1 Å². The van der Waals surface area contributed by atoms with Gasteiger partial charge in [-0.3, -0.25) is 14.6 Å². The second kappa shape index (κ2) is 8.90. The summed E-state index contributed by atoms with van der Waals surface area (Å²) in [5.41, 5.74) is 6.56. The number of hydrogen-bond donors (Lipinski definition) is 1. The Morgan fingerprint density at radius 2 is 1.82 bits per heavy atom. The Kier molecular flexibility index (Phi) is 5.63. The summed E-state index contributed by atoms with van der Waals surface area (Å²) in [5, 5.41) is 8.18. The molecule has 0 fully saturated rings. The van der Waals surface area contributed by atoms with Crippen LogP contribution in [0.4, 0.5) is 15.8 Å². The van der Waals surface area contributed by atoms with Gasteiger partial charge in [-0.15, -0.1) is 0 Å². The van der Waals surface area contributed by atoms with E-state index in [2.05, 4.69) is 20.3 Å². The van der Waals surface area contributed by atoms with Crippen molar-refractivity contribution in [3.8, 4) is 17.1 Å². The van der Waals surface area contributed by atoms with Crippen molar-refractivity contribution < 1.29 is 9.13 Å². The van der Waals surface area contributed by atoms with Gasteiger partial charge in [-0.25, -0.2) is 9.37 Å². The number of nitrogens with zero attached hydrogens (tertiary/aromatic N) is 5. The van der Waals surface area contributed by atoms with Crippen molar-refractivity contribution in [1.29, 1.82) is 0 Å². The van der Waals surface area contributed by atoms with E-state index in [1.54, 1.807) is 31.6 Å². The van der Waals surface area contributed by atoms with Crippen molar-refractivity contribution in [2.45, 2.75) is 20.4 Å². The Hall–Kier alpha value is -4.33. The Labute approximate surface area is 196 Å². The molecule has 8 heteroatoms. The molecule has 170 valence electrons. The molecular formula is C26H23FN6O. The minimum absolute atomic E-state index is 0.228. The van der Waals surface area contributed by atoms with Crippen molar-refractivity contribution in [2.24, 2.45) is 0 Å². The van der Waals surface area contributed by atoms with Crippen LogP contribution in [0.3, 0.4) is 0 Å². The summed E-state index contributed by atoms with van der Waals surface area (Å²) in [5.74, 6) is 0.409. The third-order valence-electron chi connectivity index (χ3n) is 5.56. The number of rotatable bonds is 6. The molecule has 0 atom stereocenters. The lowest BCUT2D eigenvalue weighted by Gasteiger charge is -2.12. The van der Waals surface area contributed by atoms with E-state index in [-0.39, 0.29) is 5.69 Å². The maximum atomic E-state index is 14.4. The first-order valence-electron chi connectivity index (χ1n) is 10.8. The molecule has 1 N–H and O–H groups in total. The van der Waals surface area contributed by atoms with E-state index in [4.69, 9.17) is 9.84 Å². The highest BCUT2D eigenvalue weighted by Crippen LogP contribution is 2.29. The molecule has 0 bridgehead atoms. The van der Waals surface area contributed by atoms with E-state index in [9.17, 15) is 4.39 Å². The minimum atomic E-state index is -0.406. The maximum absolute atomic E-state index is 14.4. The van der Waals surface area contributed by atoms with Crippen LogP contribution in [-0.2, 0) is 6.54 Å². The van der Waals surface area contributed by atoms with Crippen LogP contribution in [0.5, 0.6) is 5.75 Å². The lowest BCUT2D eigenvalue weighted by Crippen LogP contribution is -2.01. The Morgan fingerprint density at radius 3 is 2.62 bits per heavy atom. The van der Waals surface area contributed by atoms with Crippen LogP contribution in [0.15, 0.2) is 67.1 Å². The van der Waals surface area contributed by atoms with Gasteiger partial charge in [0.15, 0.2) is 5.82 Å². The zero-order valence-electron chi connectivity index (χ0n) is 19.1. The lowest BCUT2D eigenvalue weighted by molar-refractivity contribution is 0.414. The molecule has 0 aliphatic rings. The Bertz CT molecular complexity index is 1480. The number of pyridine rings is 3. The van der Waals surface area contributed by atoms with Gasteiger partial charge in [-0.05, 0) is 61.4 Å². The molecule has 0 aliphatic heterocycles. The predicted molar refractivity (Wildman–Crippen MR) is 130 cm³/mol. The average Bonchev–Trinajstić information content (AvgIpc) is 3.26. The second-order valence-corrected chi connectivity index (χ2v) is 8.06. The maximum Gasteiger partial charge on any atom is 0.151 e. The fraction of sp³-hybridized carbons (Fsp3) is 0.154. The van der Waals surface area contributed by atoms with E-state index in [0.717, 1.165) is 45.0 Å². The molecule has 0 unspecified atom stereocenters. The van der Waals surface area contributed by atoms with Crippen LogP contribution in [0.25, 0.3) is 22.4 Å². The van der Waals surface area contributed by atoms with Crippen molar-refractivity contribution >= 4 is 22.4 Å². The number of fused-ring (bicyclic) bond motifs is 1. The highest BCUT2D eigenvalue weighted by molar-refractivity contribution is 5.89. The molecular weight excluding hydrogens is 431 g/mol. The number of benzene rings is 1. The Morgan fingerprint density at radius 1 is 1.00 bits per heavy atom. The minimum Gasteiger partial charge on any atom is -0.497 e. The second-order valence-electron chi connectivity index (χ2n) is 8.06. The SMILES string of the molecule is COc1ccc(Cn2cc3nccc(Nc4cc(-c5nc(C)ccc5F)ncc4C)c3n2)cc1. The first-order valence-corrected chi connectivity index (χ1v) is 10.8. The van der Waals surface area contributed by atoms with Gasteiger partial charge >= 0.3 is 0 Å². The van der Waals surface area contributed by atoms with Crippen LogP contribution in [0, 0.1) is 19.7 Å². The van der Waals surface area contributed by atoms with E-state index < -0.39 is 5.82 Å². The number of hydrogen-bond acceptors (Lipinski definition) is 6. The number of nitrogens with one attached hydrogen (secondary N) is 1. The van der Waals surface area contributed by atoms with E-state index in [0.29, 0.717) is 12.2 Å². The van der Waals surface area contributed by atoms with Gasteiger partial charge in [0.1, 0.15) is 22.5 Å². The number of methoxy groups -OCH3 is 1. The van der Waals surface area contributed by atoms with E-state index in [1.807, 2.05) is 55.1 Å². The molecule has 1 aromatic carbocycles. The standard InChI is InChI=1S/C26H23FN6O/c1-16-13-29-23(25-20(27)9-4-17(2)30-25)12-22(16)31-21-10-11-28-24-15-33(32-26(21)24)14-18-5-7-19(34-3)8-6-18/h4-13,15H,14H2,1-3H3,(H,29,31). The summed E-state index contributed by atoms with van der Waals surface area (Å²) >= 11 is 0. The molecule has 4 aromatic heterocycles. The van der Waals surface area contributed by atoms with Crippen LogP contribution in [-0.4, -0.2) is 31.8 Å². The van der Waals surface area contributed by atoms with Gasteiger partial charge in [0.25, 0.3) is 0 Å². The van der Waals surface area contributed by atoms with E-state index in [1.165, 1.54) is 6.07 Å². The van der Waals surface area contributed by atoms with Gasteiger partial charge in [-0.1, -0.05) is 12.1 Å². The van der Waals surface area contributed by atoms with Gasteiger partial charge in [-0.2, -0.15) is 5.10 Å². The number of aryl methyl sites for hydroxylation is 2. The number of halogens is 1. The van der Waals surface area contributed by atoms with E-state index >= 15 is 0 Å². The molecule has 0 amide bonds. The molecule has 5 rings (SSSR count). The number of aromatic nitrogens is 5. The summed E-state index contributed by atoms with van der Waals surface area (Å²) in [6.45, 7) is 4.38. The Balaban J connectivity index is 1.46. The third-order valence-corrected chi connectivity index (χ3v) is 5.56. The molecule has 0 saturated heterocycles. The molecule has 0 aliphatic carbocycles. The van der Waals surface area contributed by atoms with Crippen LogP contribution >= 0.6 is 0 Å². The number of ether oxygens (including phenoxy) is 1. The van der Waals surface area contributed by atoms with Gasteiger partial charge < -0.3 is 10.1 Å². The zero-order valence-corrected chi connectivity index (χ0v) is 19.1.